The van der Waals surface area contributed by atoms with E-state index in [1.54, 1.807) is 13.0 Å². The second kappa shape index (κ2) is 5.18. The predicted octanol–water partition coefficient (Wildman–Crippen LogP) is 3.26. The third-order valence-electron chi connectivity index (χ3n) is 3.42. The molecule has 5 heteroatoms. The Bertz CT molecular complexity index is 818. The minimum atomic E-state index is -0.998. The molecule has 0 aliphatic carbocycles. The van der Waals surface area contributed by atoms with Gasteiger partial charge in [0, 0.05) is 5.56 Å². The lowest BCUT2D eigenvalue weighted by Crippen LogP contribution is -2.18. The molecule has 0 saturated heterocycles. The molecule has 0 aliphatic heterocycles. The quantitative estimate of drug-likeness (QED) is 0.786. The van der Waals surface area contributed by atoms with Gasteiger partial charge in [-0.05, 0) is 30.7 Å². The number of rotatable bonds is 2. The Labute approximate surface area is 120 Å². The molecule has 3 aromatic rings. The zero-order valence-corrected chi connectivity index (χ0v) is 11.3. The highest BCUT2D eigenvalue weighted by Crippen LogP contribution is 2.26. The zero-order valence-electron chi connectivity index (χ0n) is 11.3. The van der Waals surface area contributed by atoms with E-state index >= 15 is 0 Å². The van der Waals surface area contributed by atoms with E-state index in [2.05, 4.69) is 9.97 Å². The zero-order chi connectivity index (χ0) is 15.0. The van der Waals surface area contributed by atoms with Crippen LogP contribution in [0.25, 0.3) is 11.0 Å². The van der Waals surface area contributed by atoms with Crippen molar-refractivity contribution in [3.05, 3.63) is 71.1 Å². The third kappa shape index (κ3) is 2.36. The summed E-state index contributed by atoms with van der Waals surface area (Å²) in [5.74, 6) is -1.32. The van der Waals surface area contributed by atoms with Crippen LogP contribution in [0.4, 0.5) is 8.78 Å². The fourth-order valence-electron chi connectivity index (χ4n) is 2.23. The highest BCUT2D eigenvalue weighted by molar-refractivity contribution is 5.73. The summed E-state index contributed by atoms with van der Waals surface area (Å²) in [6.07, 6.45) is 1.45. The molecule has 1 aromatic heterocycles. The number of para-hydroxylation sites is 2. The molecular weight excluding hydrogens is 272 g/mol. The second-order valence-corrected chi connectivity index (χ2v) is 4.85. The van der Waals surface area contributed by atoms with E-state index in [4.69, 9.17) is 5.73 Å². The molecule has 2 N–H and O–H groups in total. The molecule has 21 heavy (non-hydrogen) atoms. The fraction of sp³-hybridized carbons (Fsp3) is 0.125. The average molecular weight is 285 g/mol. The van der Waals surface area contributed by atoms with Crippen LogP contribution < -0.4 is 5.73 Å². The van der Waals surface area contributed by atoms with E-state index in [-0.39, 0.29) is 5.56 Å². The lowest BCUT2D eigenvalue weighted by Gasteiger charge is -2.15. The van der Waals surface area contributed by atoms with Gasteiger partial charge in [0.25, 0.3) is 0 Å². The Hall–Kier alpha value is -2.40. The molecule has 0 bridgehead atoms. The molecule has 0 fully saturated rings. The van der Waals surface area contributed by atoms with Gasteiger partial charge >= 0.3 is 0 Å². The number of fused-ring (bicyclic) bond motifs is 1. The molecule has 0 aliphatic rings. The van der Waals surface area contributed by atoms with Crippen molar-refractivity contribution < 1.29 is 8.78 Å². The Morgan fingerprint density at radius 2 is 1.76 bits per heavy atom. The highest BCUT2D eigenvalue weighted by atomic mass is 19.1. The average Bonchev–Trinajstić information content (AvgIpc) is 2.51. The van der Waals surface area contributed by atoms with Crippen LogP contribution in [-0.4, -0.2) is 9.97 Å². The van der Waals surface area contributed by atoms with Crippen molar-refractivity contribution >= 4 is 11.0 Å². The smallest absolute Gasteiger partial charge is 0.134 e. The van der Waals surface area contributed by atoms with Gasteiger partial charge in [-0.2, -0.15) is 0 Å². The predicted molar refractivity (Wildman–Crippen MR) is 76.7 cm³/mol. The summed E-state index contributed by atoms with van der Waals surface area (Å²) >= 11 is 0. The van der Waals surface area contributed by atoms with Crippen LogP contribution in [0, 0.1) is 18.6 Å². The van der Waals surface area contributed by atoms with E-state index < -0.39 is 17.7 Å². The van der Waals surface area contributed by atoms with Crippen molar-refractivity contribution in [1.29, 1.82) is 0 Å². The molecule has 0 spiro atoms. The largest absolute Gasteiger partial charge is 0.319 e. The topological polar surface area (TPSA) is 51.8 Å². The summed E-state index contributed by atoms with van der Waals surface area (Å²) in [7, 11) is 0. The highest BCUT2D eigenvalue weighted by Gasteiger charge is 2.21. The maximum Gasteiger partial charge on any atom is 0.134 e. The molecule has 0 radical (unpaired) electrons. The number of hydrogen-bond donors (Lipinski definition) is 1. The van der Waals surface area contributed by atoms with Gasteiger partial charge in [-0.3, -0.25) is 4.98 Å². The van der Waals surface area contributed by atoms with Gasteiger partial charge < -0.3 is 5.73 Å². The van der Waals surface area contributed by atoms with Gasteiger partial charge in [0.1, 0.15) is 11.6 Å². The van der Waals surface area contributed by atoms with Crippen LogP contribution in [0.3, 0.4) is 0 Å². The maximum atomic E-state index is 14.1. The minimum Gasteiger partial charge on any atom is -0.319 e. The normalized spacial score (nSPS) is 12.6. The Kier molecular flexibility index (Phi) is 3.35. The number of nitrogens with zero attached hydrogens (tertiary/aromatic N) is 2. The molecule has 3 nitrogen and oxygen atoms in total. The van der Waals surface area contributed by atoms with Gasteiger partial charge in [0.2, 0.25) is 0 Å². The van der Waals surface area contributed by atoms with Crippen LogP contribution in [-0.2, 0) is 0 Å². The lowest BCUT2D eigenvalue weighted by atomic mass is 10.0. The summed E-state index contributed by atoms with van der Waals surface area (Å²) in [4.78, 5) is 8.56. The van der Waals surface area contributed by atoms with E-state index in [9.17, 15) is 8.78 Å². The van der Waals surface area contributed by atoms with Crippen molar-refractivity contribution in [3.8, 4) is 0 Å². The van der Waals surface area contributed by atoms with Crippen LogP contribution in [0.15, 0.2) is 42.6 Å². The van der Waals surface area contributed by atoms with E-state index in [0.29, 0.717) is 22.3 Å². The first kappa shape index (κ1) is 13.6. The minimum absolute atomic E-state index is 0.181. The van der Waals surface area contributed by atoms with Crippen molar-refractivity contribution in [2.24, 2.45) is 5.73 Å². The molecule has 1 atom stereocenters. The van der Waals surface area contributed by atoms with E-state index in [1.807, 2.05) is 18.2 Å². The number of aromatic nitrogens is 2. The molecule has 3 rings (SSSR count). The van der Waals surface area contributed by atoms with Crippen LogP contribution in [0.1, 0.15) is 22.9 Å². The number of halogens is 2. The lowest BCUT2D eigenvalue weighted by molar-refractivity contribution is 0.535. The van der Waals surface area contributed by atoms with Crippen molar-refractivity contribution in [3.63, 3.8) is 0 Å². The Balaban J connectivity index is 2.12. The van der Waals surface area contributed by atoms with E-state index in [0.717, 1.165) is 0 Å². The second-order valence-electron chi connectivity index (χ2n) is 4.85. The summed E-state index contributed by atoms with van der Waals surface area (Å²) in [5, 5.41) is 0. The van der Waals surface area contributed by atoms with E-state index in [1.165, 1.54) is 18.3 Å². The number of benzene rings is 2. The molecule has 0 saturated carbocycles. The van der Waals surface area contributed by atoms with Gasteiger partial charge in [0.05, 0.1) is 29.0 Å². The number of aryl methyl sites for hydroxylation is 1. The van der Waals surface area contributed by atoms with Gasteiger partial charge in [0.15, 0.2) is 0 Å². The maximum absolute atomic E-state index is 14.1. The number of hydrogen-bond acceptors (Lipinski definition) is 3. The SMILES string of the molecule is Cc1ccc(F)c(C(N)c2cnc3ccccc3n2)c1F. The van der Waals surface area contributed by atoms with Crippen molar-refractivity contribution in [2.45, 2.75) is 13.0 Å². The summed E-state index contributed by atoms with van der Waals surface area (Å²) in [6.45, 7) is 1.57. The van der Waals surface area contributed by atoms with Gasteiger partial charge in [-0.25, -0.2) is 13.8 Å². The van der Waals surface area contributed by atoms with Crippen molar-refractivity contribution in [1.82, 2.24) is 9.97 Å². The first-order chi connectivity index (χ1) is 10.1. The summed E-state index contributed by atoms with van der Waals surface area (Å²) in [6, 6.07) is 8.85. The molecule has 0 amide bonds. The van der Waals surface area contributed by atoms with Crippen LogP contribution >= 0.6 is 0 Å². The molecular formula is C16H13F2N3. The Morgan fingerprint density at radius 1 is 1.05 bits per heavy atom. The molecule has 2 aromatic carbocycles. The third-order valence-corrected chi connectivity index (χ3v) is 3.42. The van der Waals surface area contributed by atoms with Crippen LogP contribution in [0.5, 0.6) is 0 Å². The number of nitrogens with two attached hydrogens (primary N) is 1. The van der Waals surface area contributed by atoms with Crippen LogP contribution in [0.2, 0.25) is 0 Å². The summed E-state index contributed by atoms with van der Waals surface area (Å²) in [5.41, 5.74) is 7.83. The first-order valence-electron chi connectivity index (χ1n) is 6.49. The molecule has 1 unspecified atom stereocenters. The summed E-state index contributed by atoms with van der Waals surface area (Å²) < 4.78 is 28.1. The van der Waals surface area contributed by atoms with Gasteiger partial charge in [-0.1, -0.05) is 18.2 Å². The monoisotopic (exact) mass is 285 g/mol. The molecule has 1 heterocycles. The van der Waals surface area contributed by atoms with Gasteiger partial charge in [-0.15, -0.1) is 0 Å². The van der Waals surface area contributed by atoms with Crippen molar-refractivity contribution in [2.75, 3.05) is 0 Å². The molecule has 106 valence electrons. The first-order valence-corrected chi connectivity index (χ1v) is 6.49. The Morgan fingerprint density at radius 3 is 2.52 bits per heavy atom. The fourth-order valence-corrected chi connectivity index (χ4v) is 2.23. The standard InChI is InChI=1S/C16H13F2N3/c1-9-6-7-10(17)14(15(9)18)16(19)13-8-20-11-4-2-3-5-12(11)21-13/h2-8,16H,19H2,1H3.